The molecule has 0 radical (unpaired) electrons. The van der Waals surface area contributed by atoms with Crippen LogP contribution in [0.15, 0.2) is 48.5 Å². The maximum absolute atomic E-state index is 14.4. The number of rotatable bonds is 5. The van der Waals surface area contributed by atoms with Crippen molar-refractivity contribution in [3.63, 3.8) is 0 Å². The number of imide groups is 1. The highest BCUT2D eigenvalue weighted by atomic mass is 19.1. The summed E-state index contributed by atoms with van der Waals surface area (Å²) in [6.07, 6.45) is 6.34. The molecule has 0 spiro atoms. The molecule has 5 nitrogen and oxygen atoms in total. The molecule has 2 aromatic rings. The maximum Gasteiger partial charge on any atom is 0.257 e. The van der Waals surface area contributed by atoms with Crippen LogP contribution in [-0.2, 0) is 20.9 Å². The van der Waals surface area contributed by atoms with Gasteiger partial charge < -0.3 is 4.90 Å². The summed E-state index contributed by atoms with van der Waals surface area (Å²) in [6.45, 7) is 2.32. The lowest BCUT2D eigenvalue weighted by Gasteiger charge is -2.57. The fourth-order valence-electron chi connectivity index (χ4n) is 7.61. The van der Waals surface area contributed by atoms with Gasteiger partial charge in [-0.15, -0.1) is 0 Å². The van der Waals surface area contributed by atoms with E-state index in [1.807, 2.05) is 31.2 Å². The molecule has 4 bridgehead atoms. The summed E-state index contributed by atoms with van der Waals surface area (Å²) < 4.78 is 13.5. The van der Waals surface area contributed by atoms with Gasteiger partial charge in [0.15, 0.2) is 0 Å². The van der Waals surface area contributed by atoms with Crippen molar-refractivity contribution in [2.75, 3.05) is 4.90 Å². The van der Waals surface area contributed by atoms with Crippen LogP contribution in [0.4, 0.5) is 10.1 Å². The van der Waals surface area contributed by atoms with Crippen molar-refractivity contribution in [2.24, 2.45) is 23.2 Å². The number of halogens is 1. The van der Waals surface area contributed by atoms with Gasteiger partial charge in [-0.3, -0.25) is 14.4 Å². The summed E-state index contributed by atoms with van der Waals surface area (Å²) in [5.74, 6) is 0.673. The van der Waals surface area contributed by atoms with Crippen molar-refractivity contribution in [1.82, 2.24) is 4.90 Å². The molecule has 1 unspecified atom stereocenters. The minimum atomic E-state index is -0.839. The Bertz CT molecular complexity index is 1140. The van der Waals surface area contributed by atoms with E-state index in [0.717, 1.165) is 35.3 Å². The van der Waals surface area contributed by atoms with Crippen LogP contribution in [-0.4, -0.2) is 28.7 Å². The van der Waals surface area contributed by atoms with E-state index >= 15 is 0 Å². The Hall–Kier alpha value is -3.02. The third-order valence-corrected chi connectivity index (χ3v) is 8.81. The fraction of sp³-hybridized carbons (Fsp3) is 0.483. The van der Waals surface area contributed by atoms with Crippen molar-refractivity contribution >= 4 is 23.4 Å². The van der Waals surface area contributed by atoms with E-state index in [1.54, 1.807) is 4.90 Å². The van der Waals surface area contributed by atoms with Gasteiger partial charge in [-0.2, -0.15) is 0 Å². The summed E-state index contributed by atoms with van der Waals surface area (Å²) in [7, 11) is 0. The van der Waals surface area contributed by atoms with Gasteiger partial charge in [0.2, 0.25) is 11.8 Å². The first kappa shape index (κ1) is 22.4. The minimum Gasteiger partial charge on any atom is -0.325 e. The fourth-order valence-corrected chi connectivity index (χ4v) is 7.61. The average molecular weight is 475 g/mol. The molecule has 1 saturated heterocycles. The lowest BCUT2D eigenvalue weighted by Crippen LogP contribution is -2.57. The van der Waals surface area contributed by atoms with Gasteiger partial charge in [-0.1, -0.05) is 29.8 Å². The topological polar surface area (TPSA) is 57.7 Å². The van der Waals surface area contributed by atoms with Crippen LogP contribution in [0.1, 0.15) is 56.1 Å². The number of nitrogens with zero attached hydrogens (tertiary/aromatic N) is 2. The Labute approximate surface area is 205 Å². The summed E-state index contributed by atoms with van der Waals surface area (Å²) in [6, 6.07) is 12.5. The number of hydrogen-bond acceptors (Lipinski definition) is 3. The molecule has 5 aliphatic rings. The number of carbonyl (C=O) groups is 3. The van der Waals surface area contributed by atoms with Crippen LogP contribution >= 0.6 is 0 Å². The second-order valence-corrected chi connectivity index (χ2v) is 11.4. The van der Waals surface area contributed by atoms with Gasteiger partial charge in [0.25, 0.3) is 5.91 Å². The Morgan fingerprint density at radius 2 is 1.51 bits per heavy atom. The van der Waals surface area contributed by atoms with E-state index in [0.29, 0.717) is 30.0 Å². The van der Waals surface area contributed by atoms with Crippen LogP contribution in [0.25, 0.3) is 0 Å². The van der Waals surface area contributed by atoms with Crippen molar-refractivity contribution in [2.45, 2.75) is 64.5 Å². The Morgan fingerprint density at radius 3 is 2.09 bits per heavy atom. The van der Waals surface area contributed by atoms with E-state index in [4.69, 9.17) is 0 Å². The van der Waals surface area contributed by atoms with E-state index in [2.05, 4.69) is 0 Å². The molecule has 7 rings (SSSR count). The molecule has 1 aliphatic heterocycles. The van der Waals surface area contributed by atoms with Crippen LogP contribution in [0.3, 0.4) is 0 Å². The Kier molecular flexibility index (Phi) is 5.31. The second-order valence-electron chi connectivity index (χ2n) is 11.4. The number of benzene rings is 2. The normalized spacial score (nSPS) is 31.3. The Morgan fingerprint density at radius 1 is 0.943 bits per heavy atom. The lowest BCUT2D eigenvalue weighted by atomic mass is 9.49. The van der Waals surface area contributed by atoms with E-state index < -0.39 is 23.2 Å². The highest BCUT2D eigenvalue weighted by Crippen LogP contribution is 2.60. The molecule has 4 saturated carbocycles. The largest absolute Gasteiger partial charge is 0.325 e. The van der Waals surface area contributed by atoms with E-state index in [-0.39, 0.29) is 18.2 Å². The first-order valence-electron chi connectivity index (χ1n) is 12.8. The first-order valence-corrected chi connectivity index (χ1v) is 12.8. The van der Waals surface area contributed by atoms with Gasteiger partial charge in [0, 0.05) is 6.54 Å². The standard InChI is InChI=1S/C29H31FN2O3/c1-18-2-4-19(5-3-18)17-31(28(35)29-14-20-10-21(15-29)12-22(11-20)16-29)25-13-26(33)32(27(25)34)24-8-6-23(30)7-9-24/h2-9,20-22,25H,10-17H2,1H3. The predicted molar refractivity (Wildman–Crippen MR) is 130 cm³/mol. The van der Waals surface area contributed by atoms with Gasteiger partial charge in [0.1, 0.15) is 11.9 Å². The number of carbonyl (C=O) groups excluding carboxylic acids is 3. The van der Waals surface area contributed by atoms with Crippen molar-refractivity contribution in [1.29, 1.82) is 0 Å². The third-order valence-electron chi connectivity index (χ3n) is 8.81. The molecule has 0 N–H and O–H groups in total. The molecular weight excluding hydrogens is 443 g/mol. The molecule has 1 heterocycles. The summed E-state index contributed by atoms with van der Waals surface area (Å²) in [5, 5.41) is 0. The van der Waals surface area contributed by atoms with Crippen LogP contribution in [0, 0.1) is 35.9 Å². The summed E-state index contributed by atoms with van der Waals surface area (Å²) >= 11 is 0. The van der Waals surface area contributed by atoms with E-state index in [9.17, 15) is 18.8 Å². The molecule has 6 heteroatoms. The van der Waals surface area contributed by atoms with Crippen molar-refractivity contribution in [3.05, 3.63) is 65.5 Å². The molecule has 182 valence electrons. The SMILES string of the molecule is Cc1ccc(CN(C(=O)C23CC4CC(CC(C4)C2)C3)C2CC(=O)N(c3ccc(F)cc3)C2=O)cc1. The third kappa shape index (κ3) is 3.87. The smallest absolute Gasteiger partial charge is 0.257 e. The molecule has 1 atom stereocenters. The van der Waals surface area contributed by atoms with Crippen molar-refractivity contribution in [3.8, 4) is 0 Å². The first-order chi connectivity index (χ1) is 16.8. The van der Waals surface area contributed by atoms with Gasteiger partial charge >= 0.3 is 0 Å². The van der Waals surface area contributed by atoms with Crippen LogP contribution in [0.5, 0.6) is 0 Å². The summed E-state index contributed by atoms with van der Waals surface area (Å²) in [5.41, 5.74) is 2.02. The molecule has 4 aliphatic carbocycles. The number of hydrogen-bond donors (Lipinski definition) is 0. The predicted octanol–water partition coefficient (Wildman–Crippen LogP) is 5.01. The highest BCUT2D eigenvalue weighted by Gasteiger charge is 2.57. The maximum atomic E-state index is 14.4. The highest BCUT2D eigenvalue weighted by molar-refractivity contribution is 6.23. The van der Waals surface area contributed by atoms with E-state index in [1.165, 1.54) is 43.5 Å². The van der Waals surface area contributed by atoms with Gasteiger partial charge in [-0.05, 0) is 93.0 Å². The van der Waals surface area contributed by atoms with Crippen molar-refractivity contribution < 1.29 is 18.8 Å². The van der Waals surface area contributed by atoms with Gasteiger partial charge in [0.05, 0.1) is 17.5 Å². The second kappa shape index (κ2) is 8.28. The number of aryl methyl sites for hydroxylation is 1. The molecule has 2 aromatic carbocycles. The molecular formula is C29H31FN2O3. The summed E-state index contributed by atoms with van der Waals surface area (Å²) in [4.78, 5) is 43.9. The van der Waals surface area contributed by atoms with Crippen LogP contribution < -0.4 is 4.90 Å². The number of amides is 3. The Balaban J connectivity index is 1.34. The van der Waals surface area contributed by atoms with Crippen LogP contribution in [0.2, 0.25) is 0 Å². The molecule has 5 fully saturated rings. The zero-order valence-electron chi connectivity index (χ0n) is 20.1. The lowest BCUT2D eigenvalue weighted by molar-refractivity contribution is -0.162. The molecule has 35 heavy (non-hydrogen) atoms. The van der Waals surface area contributed by atoms with Gasteiger partial charge in [-0.25, -0.2) is 9.29 Å². The zero-order valence-corrected chi connectivity index (χ0v) is 20.1. The average Bonchev–Trinajstić information content (AvgIpc) is 3.11. The minimum absolute atomic E-state index is 0.0415. The molecule has 0 aromatic heterocycles. The number of anilines is 1. The monoisotopic (exact) mass is 474 g/mol. The molecule has 3 amide bonds. The quantitative estimate of drug-likeness (QED) is 0.573. The zero-order chi connectivity index (χ0) is 24.3.